The first kappa shape index (κ1) is 17.9. The van der Waals surface area contributed by atoms with Gasteiger partial charge < -0.3 is 13.9 Å². The van der Waals surface area contributed by atoms with Crippen LogP contribution in [0.3, 0.4) is 0 Å². The second-order valence-electron chi connectivity index (χ2n) is 5.97. The van der Waals surface area contributed by atoms with Gasteiger partial charge in [-0.2, -0.15) is 0 Å². The van der Waals surface area contributed by atoms with Crippen LogP contribution in [0.1, 0.15) is 33.6 Å². The summed E-state index contributed by atoms with van der Waals surface area (Å²) >= 11 is 0. The molecule has 0 atom stereocenters. The van der Waals surface area contributed by atoms with E-state index in [1.54, 1.807) is 25.3 Å². The summed E-state index contributed by atoms with van der Waals surface area (Å²) in [5, 5.41) is 0.756. The third kappa shape index (κ3) is 5.01. The maximum absolute atomic E-state index is 11.4. The van der Waals surface area contributed by atoms with E-state index in [-0.39, 0.29) is 0 Å². The van der Waals surface area contributed by atoms with Gasteiger partial charge in [0.2, 0.25) is 0 Å². The monoisotopic (exact) mass is 328 g/mol. The maximum Gasteiger partial charge on any atom is 0.336 e. The van der Waals surface area contributed by atoms with Gasteiger partial charge in [0.25, 0.3) is 0 Å². The number of hydrogen-bond donors (Lipinski definition) is 0. The van der Waals surface area contributed by atoms with Crippen LogP contribution >= 0.6 is 0 Å². The lowest BCUT2D eigenvalue weighted by molar-refractivity contribution is 0.359. The number of rotatable bonds is 7. The van der Waals surface area contributed by atoms with Crippen LogP contribution in [0.15, 0.2) is 56.8 Å². The minimum absolute atomic E-state index is 0.392. The van der Waals surface area contributed by atoms with Crippen LogP contribution in [0.5, 0.6) is 11.5 Å². The van der Waals surface area contributed by atoms with Gasteiger partial charge in [-0.3, -0.25) is 0 Å². The highest BCUT2D eigenvalue weighted by atomic mass is 16.5. The molecule has 0 aliphatic carbocycles. The summed E-state index contributed by atoms with van der Waals surface area (Å²) in [5.41, 5.74) is 2.69. The molecule has 0 spiro atoms. The molecule has 0 aliphatic rings. The molecular weight excluding hydrogens is 304 g/mol. The van der Waals surface area contributed by atoms with E-state index in [0.717, 1.165) is 18.2 Å². The van der Waals surface area contributed by atoms with Gasteiger partial charge in [-0.15, -0.1) is 0 Å². The fourth-order valence-corrected chi connectivity index (χ4v) is 2.32. The van der Waals surface area contributed by atoms with Crippen LogP contribution in [0, 0.1) is 0 Å². The van der Waals surface area contributed by atoms with Gasteiger partial charge in [0.05, 0.1) is 12.5 Å². The second-order valence-corrected chi connectivity index (χ2v) is 5.97. The summed E-state index contributed by atoms with van der Waals surface area (Å²) in [6.45, 7) is 6.77. The van der Waals surface area contributed by atoms with E-state index in [9.17, 15) is 4.79 Å². The number of fused-ring (bicyclic) bond motifs is 1. The Morgan fingerprint density at radius 3 is 2.67 bits per heavy atom. The molecule has 4 heteroatoms. The van der Waals surface area contributed by atoms with E-state index in [4.69, 9.17) is 13.9 Å². The molecule has 0 saturated heterocycles. The molecule has 1 aromatic carbocycles. The summed E-state index contributed by atoms with van der Waals surface area (Å²) in [7, 11) is 1.57. The summed E-state index contributed by atoms with van der Waals surface area (Å²) in [5.74, 6) is 1.23. The maximum atomic E-state index is 11.4. The Balaban J connectivity index is 2.12. The van der Waals surface area contributed by atoms with Gasteiger partial charge in [-0.25, -0.2) is 4.79 Å². The summed E-state index contributed by atoms with van der Waals surface area (Å²) in [6.07, 6.45) is 6.36. The van der Waals surface area contributed by atoms with Crippen molar-refractivity contribution in [3.8, 4) is 11.5 Å². The average Bonchev–Trinajstić information content (AvgIpc) is 2.53. The van der Waals surface area contributed by atoms with Crippen molar-refractivity contribution in [2.24, 2.45) is 0 Å². The molecule has 128 valence electrons. The van der Waals surface area contributed by atoms with Crippen LogP contribution in [0.2, 0.25) is 0 Å². The summed E-state index contributed by atoms with van der Waals surface area (Å²) < 4.78 is 16.3. The van der Waals surface area contributed by atoms with E-state index >= 15 is 0 Å². The summed E-state index contributed by atoms with van der Waals surface area (Å²) in [6, 6.07) is 6.59. The molecule has 0 amide bonds. The Labute approximate surface area is 142 Å². The Kier molecular flexibility index (Phi) is 6.24. The van der Waals surface area contributed by atoms with E-state index < -0.39 is 5.63 Å². The molecule has 0 N–H and O–H groups in total. The topological polar surface area (TPSA) is 48.7 Å². The van der Waals surface area contributed by atoms with Crippen LogP contribution in [-0.2, 0) is 0 Å². The predicted octanol–water partition coefficient (Wildman–Crippen LogP) is 4.87. The lowest BCUT2D eigenvalue weighted by Gasteiger charge is -2.10. The first-order valence-corrected chi connectivity index (χ1v) is 8.03. The third-order valence-corrected chi connectivity index (χ3v) is 3.67. The highest BCUT2D eigenvalue weighted by molar-refractivity contribution is 5.85. The zero-order valence-corrected chi connectivity index (χ0v) is 14.7. The number of allylic oxidation sites excluding steroid dienone is 3. The third-order valence-electron chi connectivity index (χ3n) is 3.67. The number of hydrogen-bond acceptors (Lipinski definition) is 4. The smallest absolute Gasteiger partial charge is 0.336 e. The van der Waals surface area contributed by atoms with Crippen LogP contribution in [-0.4, -0.2) is 13.7 Å². The molecular formula is C20H24O4. The Morgan fingerprint density at radius 1 is 1.17 bits per heavy atom. The predicted molar refractivity (Wildman–Crippen MR) is 97.0 cm³/mol. The fourth-order valence-electron chi connectivity index (χ4n) is 2.32. The van der Waals surface area contributed by atoms with E-state index in [1.165, 1.54) is 17.2 Å². The molecule has 2 rings (SSSR count). The molecule has 4 nitrogen and oxygen atoms in total. The Bertz CT molecular complexity index is 808. The highest BCUT2D eigenvalue weighted by Crippen LogP contribution is 2.30. The van der Waals surface area contributed by atoms with Crippen molar-refractivity contribution in [3.05, 3.63) is 58.0 Å². The Morgan fingerprint density at radius 2 is 1.96 bits per heavy atom. The largest absolute Gasteiger partial charge is 0.496 e. The van der Waals surface area contributed by atoms with Crippen molar-refractivity contribution in [1.82, 2.24) is 0 Å². The van der Waals surface area contributed by atoms with Crippen LogP contribution in [0.4, 0.5) is 0 Å². The molecule has 0 saturated carbocycles. The van der Waals surface area contributed by atoms with E-state index in [0.29, 0.717) is 23.7 Å². The van der Waals surface area contributed by atoms with Crippen LogP contribution in [0.25, 0.3) is 11.0 Å². The van der Waals surface area contributed by atoms with Gasteiger partial charge in [-0.05, 0) is 45.8 Å². The van der Waals surface area contributed by atoms with Gasteiger partial charge >= 0.3 is 5.63 Å². The molecule has 0 unspecified atom stereocenters. The number of ether oxygens (including phenoxy) is 2. The quantitative estimate of drug-likeness (QED) is 0.537. The van der Waals surface area contributed by atoms with Crippen molar-refractivity contribution in [3.63, 3.8) is 0 Å². The minimum atomic E-state index is -0.392. The van der Waals surface area contributed by atoms with Crippen LogP contribution < -0.4 is 15.1 Å². The Hall–Kier alpha value is -2.49. The number of benzene rings is 1. The van der Waals surface area contributed by atoms with Crippen molar-refractivity contribution < 1.29 is 13.9 Å². The standard InChI is InChI=1S/C20H24O4/c1-14(2)6-5-7-15(3)10-11-23-18-12-16(22-4)13-19-17(18)8-9-20(21)24-19/h6,8-10,12-13H,5,7,11H2,1-4H3/b15-10-. The van der Waals surface area contributed by atoms with Crippen molar-refractivity contribution >= 4 is 11.0 Å². The van der Waals surface area contributed by atoms with Crippen molar-refractivity contribution in [1.29, 1.82) is 0 Å². The van der Waals surface area contributed by atoms with Crippen molar-refractivity contribution in [2.75, 3.05) is 13.7 Å². The van der Waals surface area contributed by atoms with Gasteiger partial charge in [0.15, 0.2) is 0 Å². The molecule has 1 heterocycles. The minimum Gasteiger partial charge on any atom is -0.496 e. The van der Waals surface area contributed by atoms with Gasteiger partial charge in [-0.1, -0.05) is 17.2 Å². The SMILES string of the molecule is COc1cc(OC/C=C(/C)CCC=C(C)C)c2ccc(=O)oc2c1. The van der Waals surface area contributed by atoms with Gasteiger partial charge in [0, 0.05) is 18.2 Å². The van der Waals surface area contributed by atoms with Crippen molar-refractivity contribution in [2.45, 2.75) is 33.6 Å². The molecule has 24 heavy (non-hydrogen) atoms. The highest BCUT2D eigenvalue weighted by Gasteiger charge is 2.08. The normalized spacial score (nSPS) is 11.4. The fraction of sp³-hybridized carbons (Fsp3) is 0.350. The summed E-state index contributed by atoms with van der Waals surface area (Å²) in [4.78, 5) is 11.4. The lowest BCUT2D eigenvalue weighted by Crippen LogP contribution is -1.99. The molecule has 2 aromatic rings. The first-order chi connectivity index (χ1) is 11.5. The molecule has 0 radical (unpaired) electrons. The lowest BCUT2D eigenvalue weighted by atomic mass is 10.1. The zero-order valence-electron chi connectivity index (χ0n) is 14.7. The molecule has 1 aromatic heterocycles. The van der Waals surface area contributed by atoms with E-state index in [2.05, 4.69) is 32.9 Å². The first-order valence-electron chi connectivity index (χ1n) is 8.03. The average molecular weight is 328 g/mol. The molecule has 0 fully saturated rings. The van der Waals surface area contributed by atoms with E-state index in [1.807, 2.05) is 0 Å². The second kappa shape index (κ2) is 8.39. The zero-order chi connectivity index (χ0) is 17.5. The van der Waals surface area contributed by atoms with Gasteiger partial charge in [0.1, 0.15) is 23.7 Å². The molecule has 0 aliphatic heterocycles. The number of methoxy groups -OCH3 is 1. The molecule has 0 bridgehead atoms.